The average Bonchev–Trinajstić information content (AvgIpc) is 2.52. The van der Waals surface area contributed by atoms with Gasteiger partial charge in [-0.05, 0) is 19.1 Å². The van der Waals surface area contributed by atoms with Gasteiger partial charge in [-0.1, -0.05) is 38.5 Å². The van der Waals surface area contributed by atoms with Crippen LogP contribution in [0.15, 0.2) is 24.3 Å². The molecule has 23 heavy (non-hydrogen) atoms. The van der Waals surface area contributed by atoms with Gasteiger partial charge < -0.3 is 14.5 Å². The number of carbonyl (C=O) groups is 2. The lowest BCUT2D eigenvalue weighted by Crippen LogP contribution is -2.53. The monoisotopic (exact) mass is 318 g/mol. The third-order valence-electron chi connectivity index (χ3n) is 3.94. The number of carbonyl (C=O) groups excluding carboxylic acids is 2. The summed E-state index contributed by atoms with van der Waals surface area (Å²) in [6, 6.07) is 7.64. The van der Waals surface area contributed by atoms with Gasteiger partial charge in [-0.2, -0.15) is 0 Å². The summed E-state index contributed by atoms with van der Waals surface area (Å²) in [6.07, 6.45) is 0. The standard InChI is InChI=1S/C18H26N2O3/c1-14-5-7-15(8-6-14)23-13-16(21)19-9-11-20(12-10-19)17(22)18(2,3)4/h5-8H,9-13H2,1-4H3. The van der Waals surface area contributed by atoms with Crippen LogP contribution in [0.2, 0.25) is 0 Å². The maximum absolute atomic E-state index is 12.2. The van der Waals surface area contributed by atoms with Crippen LogP contribution in [-0.2, 0) is 9.59 Å². The Morgan fingerprint density at radius 3 is 2.04 bits per heavy atom. The number of aryl methyl sites for hydroxylation is 1. The first-order chi connectivity index (χ1) is 10.8. The van der Waals surface area contributed by atoms with E-state index in [9.17, 15) is 9.59 Å². The molecule has 1 aliphatic rings. The Balaban J connectivity index is 1.79. The number of benzene rings is 1. The van der Waals surface area contributed by atoms with Gasteiger partial charge >= 0.3 is 0 Å². The quantitative estimate of drug-likeness (QED) is 0.857. The van der Waals surface area contributed by atoms with E-state index >= 15 is 0 Å². The molecule has 2 amide bonds. The Bertz CT molecular complexity index is 553. The van der Waals surface area contributed by atoms with Crippen LogP contribution in [-0.4, -0.2) is 54.4 Å². The SMILES string of the molecule is Cc1ccc(OCC(=O)N2CCN(C(=O)C(C)(C)C)CC2)cc1. The molecule has 126 valence electrons. The first kappa shape index (κ1) is 17.3. The first-order valence-electron chi connectivity index (χ1n) is 8.04. The molecule has 1 aliphatic heterocycles. The molecule has 1 aromatic rings. The molecule has 0 aliphatic carbocycles. The van der Waals surface area contributed by atoms with Gasteiger partial charge in [-0.15, -0.1) is 0 Å². The fourth-order valence-electron chi connectivity index (χ4n) is 2.50. The summed E-state index contributed by atoms with van der Waals surface area (Å²) >= 11 is 0. The lowest BCUT2D eigenvalue weighted by atomic mass is 9.94. The van der Waals surface area contributed by atoms with E-state index in [-0.39, 0.29) is 23.8 Å². The van der Waals surface area contributed by atoms with Crippen LogP contribution < -0.4 is 4.74 Å². The fraction of sp³-hybridized carbons (Fsp3) is 0.556. The summed E-state index contributed by atoms with van der Waals surface area (Å²) in [7, 11) is 0. The summed E-state index contributed by atoms with van der Waals surface area (Å²) in [5.74, 6) is 0.805. The van der Waals surface area contributed by atoms with Crippen LogP contribution in [0.3, 0.4) is 0 Å². The summed E-state index contributed by atoms with van der Waals surface area (Å²) < 4.78 is 5.53. The van der Waals surface area contributed by atoms with Crippen LogP contribution in [0.1, 0.15) is 26.3 Å². The van der Waals surface area contributed by atoms with Gasteiger partial charge in [-0.25, -0.2) is 0 Å². The minimum atomic E-state index is -0.374. The molecule has 5 heteroatoms. The average molecular weight is 318 g/mol. The van der Waals surface area contributed by atoms with Crippen molar-refractivity contribution in [1.29, 1.82) is 0 Å². The Morgan fingerprint density at radius 1 is 1.00 bits per heavy atom. The minimum absolute atomic E-state index is 0.0339. The molecule has 1 saturated heterocycles. The van der Waals surface area contributed by atoms with E-state index < -0.39 is 0 Å². The molecule has 0 N–H and O–H groups in total. The molecule has 5 nitrogen and oxygen atoms in total. The van der Waals surface area contributed by atoms with E-state index in [0.717, 1.165) is 5.56 Å². The zero-order valence-corrected chi connectivity index (χ0v) is 14.5. The van der Waals surface area contributed by atoms with Gasteiger partial charge in [0.1, 0.15) is 5.75 Å². The second-order valence-electron chi connectivity index (χ2n) is 7.02. The summed E-state index contributed by atoms with van der Waals surface area (Å²) in [4.78, 5) is 28.0. The third-order valence-corrected chi connectivity index (χ3v) is 3.94. The van der Waals surface area contributed by atoms with Gasteiger partial charge in [0.25, 0.3) is 5.91 Å². The van der Waals surface area contributed by atoms with E-state index in [0.29, 0.717) is 31.9 Å². The molecule has 0 saturated carbocycles. The second kappa shape index (κ2) is 7.02. The van der Waals surface area contributed by atoms with Crippen molar-refractivity contribution in [3.05, 3.63) is 29.8 Å². The molecule has 0 unspecified atom stereocenters. The molecule has 0 radical (unpaired) electrons. The van der Waals surface area contributed by atoms with Gasteiger partial charge in [-0.3, -0.25) is 9.59 Å². The van der Waals surface area contributed by atoms with Crippen molar-refractivity contribution in [3.8, 4) is 5.75 Å². The summed E-state index contributed by atoms with van der Waals surface area (Å²) in [5.41, 5.74) is 0.782. The Hall–Kier alpha value is -2.04. The highest BCUT2D eigenvalue weighted by molar-refractivity contribution is 5.82. The van der Waals surface area contributed by atoms with Crippen molar-refractivity contribution >= 4 is 11.8 Å². The van der Waals surface area contributed by atoms with Gasteiger partial charge in [0.15, 0.2) is 6.61 Å². The first-order valence-corrected chi connectivity index (χ1v) is 8.04. The number of hydrogen-bond acceptors (Lipinski definition) is 3. The predicted molar refractivity (Wildman–Crippen MR) is 89.3 cm³/mol. The Labute approximate surface area is 138 Å². The summed E-state index contributed by atoms with van der Waals surface area (Å²) in [6.45, 7) is 10.1. The number of ether oxygens (including phenoxy) is 1. The highest BCUT2D eigenvalue weighted by Gasteiger charge is 2.30. The zero-order chi connectivity index (χ0) is 17.0. The van der Waals surface area contributed by atoms with Crippen LogP contribution in [0.25, 0.3) is 0 Å². The zero-order valence-electron chi connectivity index (χ0n) is 14.5. The van der Waals surface area contributed by atoms with E-state index in [1.54, 1.807) is 4.90 Å². The maximum Gasteiger partial charge on any atom is 0.260 e. The number of amides is 2. The van der Waals surface area contributed by atoms with E-state index in [2.05, 4.69) is 0 Å². The molecule has 2 rings (SSSR count). The molecule has 1 heterocycles. The van der Waals surface area contributed by atoms with E-state index in [1.807, 2.05) is 56.9 Å². The van der Waals surface area contributed by atoms with Crippen LogP contribution in [0.5, 0.6) is 5.75 Å². The predicted octanol–water partition coefficient (Wildman–Crippen LogP) is 2.09. The molecule has 1 aromatic carbocycles. The van der Waals surface area contributed by atoms with Crippen LogP contribution in [0, 0.1) is 12.3 Å². The topological polar surface area (TPSA) is 49.9 Å². The Kier molecular flexibility index (Phi) is 5.29. The highest BCUT2D eigenvalue weighted by atomic mass is 16.5. The molecular weight excluding hydrogens is 292 g/mol. The van der Waals surface area contributed by atoms with Gasteiger partial charge in [0, 0.05) is 31.6 Å². The number of hydrogen-bond donors (Lipinski definition) is 0. The molecular formula is C18H26N2O3. The number of piperazine rings is 1. The molecule has 0 aromatic heterocycles. The number of rotatable bonds is 3. The molecule has 0 atom stereocenters. The van der Waals surface area contributed by atoms with Crippen molar-refractivity contribution in [2.24, 2.45) is 5.41 Å². The van der Waals surface area contributed by atoms with Crippen LogP contribution in [0.4, 0.5) is 0 Å². The highest BCUT2D eigenvalue weighted by Crippen LogP contribution is 2.18. The Morgan fingerprint density at radius 2 is 1.52 bits per heavy atom. The van der Waals surface area contributed by atoms with E-state index in [1.165, 1.54) is 0 Å². The van der Waals surface area contributed by atoms with Gasteiger partial charge in [0.05, 0.1) is 0 Å². The summed E-state index contributed by atoms with van der Waals surface area (Å²) in [5, 5.41) is 0. The van der Waals surface area contributed by atoms with E-state index in [4.69, 9.17) is 4.74 Å². The van der Waals surface area contributed by atoms with Crippen LogP contribution >= 0.6 is 0 Å². The normalized spacial score (nSPS) is 15.5. The number of nitrogens with zero attached hydrogens (tertiary/aromatic N) is 2. The smallest absolute Gasteiger partial charge is 0.260 e. The third kappa shape index (κ3) is 4.71. The van der Waals surface area contributed by atoms with Crippen molar-refractivity contribution in [3.63, 3.8) is 0 Å². The molecule has 1 fully saturated rings. The second-order valence-corrected chi connectivity index (χ2v) is 7.02. The molecule has 0 bridgehead atoms. The minimum Gasteiger partial charge on any atom is -0.484 e. The fourth-order valence-corrected chi connectivity index (χ4v) is 2.50. The lowest BCUT2D eigenvalue weighted by molar-refractivity contribution is -0.145. The molecule has 0 spiro atoms. The maximum atomic E-state index is 12.2. The van der Waals surface area contributed by atoms with Crippen molar-refractivity contribution in [2.45, 2.75) is 27.7 Å². The largest absolute Gasteiger partial charge is 0.484 e. The van der Waals surface area contributed by atoms with Crippen molar-refractivity contribution in [2.75, 3.05) is 32.8 Å². The van der Waals surface area contributed by atoms with Crippen molar-refractivity contribution < 1.29 is 14.3 Å². The van der Waals surface area contributed by atoms with Crippen molar-refractivity contribution in [1.82, 2.24) is 9.80 Å². The van der Waals surface area contributed by atoms with Gasteiger partial charge in [0.2, 0.25) is 5.91 Å². The lowest BCUT2D eigenvalue weighted by Gasteiger charge is -2.37.